The molecule has 0 bridgehead atoms. The van der Waals surface area contributed by atoms with Gasteiger partial charge in [0, 0.05) is 6.07 Å². The summed E-state index contributed by atoms with van der Waals surface area (Å²) >= 11 is 1.43. The topological polar surface area (TPSA) is 65.2 Å². The van der Waals surface area contributed by atoms with Crippen LogP contribution < -0.4 is 0 Å². The highest BCUT2D eigenvalue weighted by Crippen LogP contribution is 2.26. The van der Waals surface area contributed by atoms with Gasteiger partial charge < -0.3 is 9.15 Å². The number of nitrogens with zero attached hydrogens (tertiary/aromatic N) is 2. The van der Waals surface area contributed by atoms with Crippen LogP contribution in [0.1, 0.15) is 29.3 Å². The number of thiophene rings is 1. The molecule has 0 aliphatic rings. The molecule has 0 fully saturated rings. The molecule has 5 nitrogen and oxygen atoms in total. The Labute approximate surface area is 133 Å². The molecule has 1 aromatic carbocycles. The van der Waals surface area contributed by atoms with Crippen LogP contribution in [-0.2, 0) is 4.74 Å². The van der Waals surface area contributed by atoms with Crippen molar-refractivity contribution in [3.63, 3.8) is 0 Å². The van der Waals surface area contributed by atoms with E-state index < -0.39 is 23.7 Å². The van der Waals surface area contributed by atoms with E-state index in [4.69, 9.17) is 9.15 Å². The first-order valence-corrected chi connectivity index (χ1v) is 7.45. The summed E-state index contributed by atoms with van der Waals surface area (Å²) in [6.45, 7) is 1.53. The van der Waals surface area contributed by atoms with Crippen molar-refractivity contribution in [3.8, 4) is 10.8 Å². The third-order valence-electron chi connectivity index (χ3n) is 2.90. The van der Waals surface area contributed by atoms with Gasteiger partial charge in [0.2, 0.25) is 0 Å². The van der Waals surface area contributed by atoms with Crippen molar-refractivity contribution in [3.05, 3.63) is 58.8 Å². The number of hydrogen-bond donors (Lipinski definition) is 0. The summed E-state index contributed by atoms with van der Waals surface area (Å²) in [7, 11) is 0. The van der Waals surface area contributed by atoms with Crippen molar-refractivity contribution in [1.29, 1.82) is 0 Å². The van der Waals surface area contributed by atoms with Gasteiger partial charge >= 0.3 is 5.97 Å². The van der Waals surface area contributed by atoms with E-state index in [2.05, 4.69) is 10.2 Å². The van der Waals surface area contributed by atoms with Crippen molar-refractivity contribution in [2.45, 2.75) is 13.0 Å². The summed E-state index contributed by atoms with van der Waals surface area (Å²) in [5.74, 6) is -2.19. The number of halogens is 2. The molecular formula is C15H10F2N2O3S. The number of carbonyl (C=O) groups is 1. The summed E-state index contributed by atoms with van der Waals surface area (Å²) in [5, 5.41) is 9.55. The van der Waals surface area contributed by atoms with Gasteiger partial charge in [0.15, 0.2) is 6.10 Å². The van der Waals surface area contributed by atoms with Crippen LogP contribution in [0.15, 0.2) is 40.1 Å². The van der Waals surface area contributed by atoms with E-state index in [0.29, 0.717) is 12.0 Å². The van der Waals surface area contributed by atoms with E-state index in [9.17, 15) is 13.6 Å². The number of esters is 1. The molecule has 3 rings (SSSR count). The largest absolute Gasteiger partial charge is 0.449 e. The SMILES string of the molecule is CC(OC(=O)c1cc(F)cc(F)c1)c1nnc(-c2cccs2)o1. The van der Waals surface area contributed by atoms with E-state index in [1.54, 1.807) is 0 Å². The minimum atomic E-state index is -0.883. The summed E-state index contributed by atoms with van der Waals surface area (Å²) in [6, 6.07) is 6.11. The van der Waals surface area contributed by atoms with E-state index >= 15 is 0 Å². The Morgan fingerprint density at radius 3 is 2.65 bits per heavy atom. The van der Waals surface area contributed by atoms with E-state index in [-0.39, 0.29) is 11.5 Å². The van der Waals surface area contributed by atoms with Gasteiger partial charge in [-0.3, -0.25) is 0 Å². The minimum Gasteiger partial charge on any atom is -0.449 e. The number of carbonyl (C=O) groups excluding carboxylic acids is 1. The summed E-state index contributed by atoms with van der Waals surface area (Å²) in [4.78, 5) is 12.7. The predicted octanol–water partition coefficient (Wildman–Crippen LogP) is 3.99. The number of ether oxygens (including phenoxy) is 1. The second-order valence-electron chi connectivity index (χ2n) is 4.63. The number of rotatable bonds is 4. The van der Waals surface area contributed by atoms with Crippen LogP contribution in [0, 0.1) is 11.6 Å². The lowest BCUT2D eigenvalue weighted by molar-refractivity contribution is 0.0279. The molecular weight excluding hydrogens is 326 g/mol. The monoisotopic (exact) mass is 336 g/mol. The number of hydrogen-bond acceptors (Lipinski definition) is 6. The third-order valence-corrected chi connectivity index (χ3v) is 3.76. The highest BCUT2D eigenvalue weighted by molar-refractivity contribution is 7.13. The van der Waals surface area contributed by atoms with Crippen LogP contribution >= 0.6 is 11.3 Å². The van der Waals surface area contributed by atoms with Crippen LogP contribution in [0.3, 0.4) is 0 Å². The molecule has 23 heavy (non-hydrogen) atoms. The second kappa shape index (κ2) is 6.25. The molecule has 0 spiro atoms. The fourth-order valence-corrected chi connectivity index (χ4v) is 2.49. The zero-order chi connectivity index (χ0) is 16.4. The normalized spacial score (nSPS) is 12.1. The molecule has 0 amide bonds. The molecule has 0 saturated carbocycles. The molecule has 0 N–H and O–H groups in total. The number of benzene rings is 1. The van der Waals surface area contributed by atoms with Crippen LogP contribution in [-0.4, -0.2) is 16.2 Å². The maximum atomic E-state index is 13.1. The Morgan fingerprint density at radius 1 is 1.26 bits per heavy atom. The Morgan fingerprint density at radius 2 is 2.00 bits per heavy atom. The van der Waals surface area contributed by atoms with Crippen molar-refractivity contribution < 1.29 is 22.7 Å². The van der Waals surface area contributed by atoms with Crippen LogP contribution in [0.5, 0.6) is 0 Å². The maximum Gasteiger partial charge on any atom is 0.339 e. The first kappa shape index (κ1) is 15.3. The van der Waals surface area contributed by atoms with Gasteiger partial charge in [0.05, 0.1) is 10.4 Å². The number of aromatic nitrogens is 2. The standard InChI is InChI=1S/C15H10F2N2O3S/c1-8(13-18-19-14(22-13)12-3-2-4-23-12)21-15(20)9-5-10(16)7-11(17)6-9/h2-8H,1H3. The lowest BCUT2D eigenvalue weighted by Crippen LogP contribution is -2.10. The second-order valence-corrected chi connectivity index (χ2v) is 5.58. The molecule has 118 valence electrons. The molecule has 3 aromatic rings. The van der Waals surface area contributed by atoms with Crippen molar-refractivity contribution in [1.82, 2.24) is 10.2 Å². The average molecular weight is 336 g/mol. The highest BCUT2D eigenvalue weighted by Gasteiger charge is 2.21. The van der Waals surface area contributed by atoms with Crippen molar-refractivity contribution in [2.24, 2.45) is 0 Å². The summed E-state index contributed by atoms with van der Waals surface area (Å²) < 4.78 is 36.8. The summed E-state index contributed by atoms with van der Waals surface area (Å²) in [5.41, 5.74) is -0.229. The summed E-state index contributed by atoms with van der Waals surface area (Å²) in [6.07, 6.45) is -0.852. The van der Waals surface area contributed by atoms with Gasteiger partial charge in [-0.05, 0) is 30.5 Å². The molecule has 1 unspecified atom stereocenters. The molecule has 2 heterocycles. The van der Waals surface area contributed by atoms with Crippen molar-refractivity contribution in [2.75, 3.05) is 0 Å². The first-order chi connectivity index (χ1) is 11.0. The van der Waals surface area contributed by atoms with E-state index in [1.165, 1.54) is 18.3 Å². The molecule has 0 saturated heterocycles. The molecule has 0 aliphatic carbocycles. The van der Waals surface area contributed by atoms with Gasteiger partial charge in [-0.15, -0.1) is 21.5 Å². The predicted molar refractivity (Wildman–Crippen MR) is 77.8 cm³/mol. The smallest absolute Gasteiger partial charge is 0.339 e. The maximum absolute atomic E-state index is 13.1. The van der Waals surface area contributed by atoms with Gasteiger partial charge in [0.1, 0.15) is 11.6 Å². The molecule has 0 radical (unpaired) electrons. The Hall–Kier alpha value is -2.61. The van der Waals surface area contributed by atoms with E-state index in [1.807, 2.05) is 17.5 Å². The molecule has 0 aliphatic heterocycles. The first-order valence-electron chi connectivity index (χ1n) is 6.57. The van der Waals surface area contributed by atoms with Crippen LogP contribution in [0.4, 0.5) is 8.78 Å². The quantitative estimate of drug-likeness (QED) is 0.674. The average Bonchev–Trinajstić information content (AvgIpc) is 3.17. The van der Waals surface area contributed by atoms with Gasteiger partial charge in [-0.2, -0.15) is 0 Å². The Bertz CT molecular complexity index is 813. The van der Waals surface area contributed by atoms with Crippen LogP contribution in [0.2, 0.25) is 0 Å². The molecule has 1 atom stereocenters. The third kappa shape index (κ3) is 3.42. The molecule has 8 heteroatoms. The van der Waals surface area contributed by atoms with Gasteiger partial charge in [-0.25, -0.2) is 13.6 Å². The lowest BCUT2D eigenvalue weighted by Gasteiger charge is -2.09. The fourth-order valence-electron chi connectivity index (χ4n) is 1.85. The van der Waals surface area contributed by atoms with Gasteiger partial charge in [-0.1, -0.05) is 6.07 Å². The van der Waals surface area contributed by atoms with Crippen LogP contribution in [0.25, 0.3) is 10.8 Å². The lowest BCUT2D eigenvalue weighted by atomic mass is 10.2. The van der Waals surface area contributed by atoms with Crippen molar-refractivity contribution >= 4 is 17.3 Å². The Balaban J connectivity index is 1.73. The Kier molecular flexibility index (Phi) is 4.16. The molecule has 2 aromatic heterocycles. The van der Waals surface area contributed by atoms with E-state index in [0.717, 1.165) is 17.0 Å². The fraction of sp³-hybridized carbons (Fsp3) is 0.133. The zero-order valence-corrected chi connectivity index (χ0v) is 12.6. The highest BCUT2D eigenvalue weighted by atomic mass is 32.1. The van der Waals surface area contributed by atoms with Gasteiger partial charge in [0.25, 0.3) is 11.8 Å². The zero-order valence-electron chi connectivity index (χ0n) is 11.8. The minimum absolute atomic E-state index is 0.0959.